The Morgan fingerprint density at radius 1 is 1.37 bits per heavy atom. The fourth-order valence-corrected chi connectivity index (χ4v) is 4.77. The molecule has 0 aliphatic rings. The van der Waals surface area contributed by atoms with Gasteiger partial charge in [-0.05, 0) is 18.2 Å². The number of nitrogens with one attached hydrogen (secondary N) is 1. The van der Waals surface area contributed by atoms with Crippen LogP contribution in [0.3, 0.4) is 0 Å². The number of nitriles is 1. The molecule has 1 N–H and O–H groups in total. The number of amides is 1. The van der Waals surface area contributed by atoms with E-state index in [2.05, 4.69) is 5.32 Å². The van der Waals surface area contributed by atoms with Crippen molar-refractivity contribution in [2.24, 2.45) is 13.0 Å². The van der Waals surface area contributed by atoms with Crippen LogP contribution >= 0.6 is 25.1 Å². The van der Waals surface area contributed by atoms with Gasteiger partial charge >= 0.3 is 6.18 Å². The molecule has 13 heteroatoms. The first kappa shape index (κ1) is 25.8. The highest BCUT2D eigenvalue weighted by Gasteiger charge is 2.40. The lowest BCUT2D eigenvalue weighted by molar-refractivity contribution is -0.163. The molecule has 1 heterocycles. The second kappa shape index (κ2) is 9.28. The Labute approximate surface area is 181 Å². The number of aromatic nitrogens is 1. The molecule has 30 heavy (non-hydrogen) atoms. The van der Waals surface area contributed by atoms with Crippen LogP contribution in [0.15, 0.2) is 29.3 Å². The second-order valence-electron chi connectivity index (χ2n) is 6.25. The van der Waals surface area contributed by atoms with Crippen LogP contribution in [0.4, 0.5) is 23.2 Å². The molecule has 2 aromatic rings. The summed E-state index contributed by atoms with van der Waals surface area (Å²) in [5.41, 5.74) is -0.613. The number of alkyl halides is 3. The summed E-state index contributed by atoms with van der Waals surface area (Å²) in [5.74, 6) is -5.05. The Bertz CT molecular complexity index is 1110. The molecule has 0 unspecified atom stereocenters. The third-order valence-electron chi connectivity index (χ3n) is 4.01. The summed E-state index contributed by atoms with van der Waals surface area (Å²) < 4.78 is 77.3. The number of aryl methyl sites for hydroxylation is 1. The van der Waals surface area contributed by atoms with Gasteiger partial charge in [0.1, 0.15) is 22.5 Å². The predicted octanol–water partition coefficient (Wildman–Crippen LogP) is 4.03. The lowest BCUT2D eigenvalue weighted by Crippen LogP contribution is -2.27. The standard InChI is InChI=1S/C17H14ClF4N3O3S.H2S/c1-9(17(20,21)22)8-29(27,28)13-7-25(2)15(14(13)18)16(26)24-11-3-4-12(19)10(5-11)6-23;/h3-5,7,9H,8H2,1-2H3,(H,24,26);1H2/t9-;/m1./s1. The summed E-state index contributed by atoms with van der Waals surface area (Å²) in [6.07, 6.45) is -3.77. The molecule has 6 nitrogen and oxygen atoms in total. The first-order chi connectivity index (χ1) is 13.3. The minimum Gasteiger partial charge on any atom is -0.344 e. The molecular formula is C17H16ClF4N3O3S2. The van der Waals surface area contributed by atoms with Gasteiger partial charge in [0.25, 0.3) is 5.91 Å². The molecule has 0 saturated heterocycles. The van der Waals surface area contributed by atoms with E-state index < -0.39 is 49.3 Å². The molecule has 0 aliphatic carbocycles. The summed E-state index contributed by atoms with van der Waals surface area (Å²) in [4.78, 5) is 11.9. The van der Waals surface area contributed by atoms with Crippen LogP contribution in [0.1, 0.15) is 23.0 Å². The van der Waals surface area contributed by atoms with Gasteiger partial charge in [-0.25, -0.2) is 12.8 Å². The van der Waals surface area contributed by atoms with Crippen molar-refractivity contribution >= 4 is 46.5 Å². The highest BCUT2D eigenvalue weighted by Crippen LogP contribution is 2.33. The van der Waals surface area contributed by atoms with Gasteiger partial charge in [0, 0.05) is 18.9 Å². The van der Waals surface area contributed by atoms with Crippen LogP contribution in [0, 0.1) is 23.1 Å². The van der Waals surface area contributed by atoms with Crippen molar-refractivity contribution in [3.8, 4) is 6.07 Å². The average Bonchev–Trinajstić information content (AvgIpc) is 2.90. The topological polar surface area (TPSA) is 92.0 Å². The molecule has 1 amide bonds. The molecule has 0 spiro atoms. The summed E-state index contributed by atoms with van der Waals surface area (Å²) >= 11 is 6.00. The maximum Gasteiger partial charge on any atom is 0.392 e. The van der Waals surface area contributed by atoms with Gasteiger partial charge in [-0.3, -0.25) is 4.79 Å². The second-order valence-corrected chi connectivity index (χ2v) is 8.63. The fraction of sp³-hybridized carbons (Fsp3) is 0.294. The predicted molar refractivity (Wildman–Crippen MR) is 107 cm³/mol. The van der Waals surface area contributed by atoms with Crippen molar-refractivity contribution in [2.75, 3.05) is 11.1 Å². The highest BCUT2D eigenvalue weighted by atomic mass is 35.5. The Morgan fingerprint density at radius 3 is 2.50 bits per heavy atom. The zero-order valence-electron chi connectivity index (χ0n) is 15.5. The van der Waals surface area contributed by atoms with Gasteiger partial charge in [0.15, 0.2) is 9.84 Å². The normalized spacial score (nSPS) is 12.6. The first-order valence-corrected chi connectivity index (χ1v) is 9.96. The number of benzene rings is 1. The molecular weight excluding hydrogens is 470 g/mol. The van der Waals surface area contributed by atoms with Gasteiger partial charge < -0.3 is 9.88 Å². The van der Waals surface area contributed by atoms with Crippen LogP contribution in [-0.2, 0) is 16.9 Å². The number of carbonyl (C=O) groups is 1. The third kappa shape index (κ3) is 5.47. The molecule has 164 valence electrons. The zero-order chi connectivity index (χ0) is 22.1. The van der Waals surface area contributed by atoms with Crippen LogP contribution in [0.2, 0.25) is 5.02 Å². The summed E-state index contributed by atoms with van der Waals surface area (Å²) in [7, 11) is -3.15. The number of hydrogen-bond donors (Lipinski definition) is 1. The first-order valence-electron chi connectivity index (χ1n) is 7.93. The van der Waals surface area contributed by atoms with Gasteiger partial charge in [0.2, 0.25) is 0 Å². The molecule has 0 aliphatic heterocycles. The largest absolute Gasteiger partial charge is 0.392 e. The number of anilines is 1. The van der Waals surface area contributed by atoms with Gasteiger partial charge in [-0.1, -0.05) is 18.5 Å². The van der Waals surface area contributed by atoms with Crippen molar-refractivity contribution in [2.45, 2.75) is 18.0 Å². The number of hydrogen-bond acceptors (Lipinski definition) is 4. The van der Waals surface area contributed by atoms with Gasteiger partial charge in [-0.15, -0.1) is 0 Å². The van der Waals surface area contributed by atoms with E-state index in [1.165, 1.54) is 13.1 Å². The van der Waals surface area contributed by atoms with Gasteiger partial charge in [0.05, 0.1) is 22.3 Å². The lowest BCUT2D eigenvalue weighted by Gasteiger charge is -2.15. The Hall–Kier alpha value is -2.23. The van der Waals surface area contributed by atoms with Crippen LogP contribution in [0.25, 0.3) is 0 Å². The van der Waals surface area contributed by atoms with Crippen LogP contribution in [0.5, 0.6) is 0 Å². The number of halogens is 5. The summed E-state index contributed by atoms with van der Waals surface area (Å²) in [5, 5.41) is 10.6. The highest BCUT2D eigenvalue weighted by molar-refractivity contribution is 7.91. The smallest absolute Gasteiger partial charge is 0.344 e. The summed E-state index contributed by atoms with van der Waals surface area (Å²) in [6, 6.07) is 4.79. The number of carbonyl (C=O) groups excluding carboxylic acids is 1. The molecule has 0 bridgehead atoms. The SMILES string of the molecule is C[C@H](CS(=O)(=O)c1cn(C)c(C(=O)Nc2ccc(F)c(C#N)c2)c1Cl)C(F)(F)F.S. The van der Waals surface area contributed by atoms with Crippen LogP contribution in [-0.4, -0.2) is 30.8 Å². The minimum atomic E-state index is -4.71. The monoisotopic (exact) mass is 485 g/mol. The Morgan fingerprint density at radius 2 is 1.97 bits per heavy atom. The number of nitrogens with zero attached hydrogens (tertiary/aromatic N) is 2. The molecule has 0 fully saturated rings. The molecule has 1 aromatic carbocycles. The maximum absolute atomic E-state index is 13.4. The lowest BCUT2D eigenvalue weighted by atomic mass is 10.2. The van der Waals surface area contributed by atoms with E-state index >= 15 is 0 Å². The quantitative estimate of drug-likeness (QED) is 0.647. The zero-order valence-corrected chi connectivity index (χ0v) is 18.1. The maximum atomic E-state index is 13.4. The fourth-order valence-electron chi connectivity index (χ4n) is 2.44. The van der Waals surface area contributed by atoms with E-state index in [4.69, 9.17) is 16.9 Å². The van der Waals surface area contributed by atoms with Gasteiger partial charge in [-0.2, -0.15) is 31.9 Å². The van der Waals surface area contributed by atoms with E-state index in [9.17, 15) is 30.8 Å². The molecule has 0 radical (unpaired) electrons. The van der Waals surface area contributed by atoms with Crippen molar-refractivity contribution in [1.82, 2.24) is 4.57 Å². The van der Waals surface area contributed by atoms with Crippen molar-refractivity contribution in [3.05, 3.63) is 46.5 Å². The van der Waals surface area contributed by atoms with E-state index in [0.717, 1.165) is 29.8 Å². The van der Waals surface area contributed by atoms with Crippen molar-refractivity contribution in [1.29, 1.82) is 5.26 Å². The average molecular weight is 486 g/mol. The van der Waals surface area contributed by atoms with Crippen LogP contribution < -0.4 is 5.32 Å². The Kier molecular flexibility index (Phi) is 7.98. The molecule has 2 rings (SSSR count). The van der Waals surface area contributed by atoms with E-state index in [0.29, 0.717) is 0 Å². The van der Waals surface area contributed by atoms with E-state index in [1.54, 1.807) is 6.07 Å². The van der Waals surface area contributed by atoms with E-state index in [1.807, 2.05) is 0 Å². The molecule has 0 saturated carbocycles. The minimum absolute atomic E-state index is 0. The van der Waals surface area contributed by atoms with Crippen molar-refractivity contribution in [3.63, 3.8) is 0 Å². The third-order valence-corrected chi connectivity index (χ3v) is 6.42. The molecule has 1 aromatic heterocycles. The number of sulfone groups is 1. The van der Waals surface area contributed by atoms with Crippen molar-refractivity contribution < 1.29 is 30.8 Å². The number of rotatable bonds is 5. The molecule has 1 atom stereocenters. The van der Waals surface area contributed by atoms with E-state index in [-0.39, 0.29) is 30.4 Å². The summed E-state index contributed by atoms with van der Waals surface area (Å²) in [6.45, 7) is 0.726. The Balaban J connectivity index is 0.00000450.